The summed E-state index contributed by atoms with van der Waals surface area (Å²) < 4.78 is 29.5. The molecule has 1 N–H and O–H groups in total. The Bertz CT molecular complexity index is 975. The van der Waals surface area contributed by atoms with Gasteiger partial charge in [-0.05, 0) is 43.2 Å². The van der Waals surface area contributed by atoms with Gasteiger partial charge in [0.15, 0.2) is 0 Å². The molecule has 0 aliphatic heterocycles. The van der Waals surface area contributed by atoms with Gasteiger partial charge in [0.25, 0.3) is 0 Å². The molecule has 6 heteroatoms. The van der Waals surface area contributed by atoms with Gasteiger partial charge in [0.05, 0.1) is 22.3 Å². The first-order valence-corrected chi connectivity index (χ1v) is 8.82. The molecule has 5 nitrogen and oxygen atoms in total. The smallest absolute Gasteiger partial charge is 0.241 e. The summed E-state index contributed by atoms with van der Waals surface area (Å²) in [6, 6.07) is 11.1. The van der Waals surface area contributed by atoms with E-state index in [0.29, 0.717) is 4.90 Å². The second-order valence-corrected chi connectivity index (χ2v) is 7.51. The van der Waals surface area contributed by atoms with Crippen LogP contribution in [0.2, 0.25) is 0 Å². The molecular weight excluding hydrogens is 310 g/mol. The van der Waals surface area contributed by atoms with Gasteiger partial charge >= 0.3 is 0 Å². The van der Waals surface area contributed by atoms with Gasteiger partial charge in [0.2, 0.25) is 10.0 Å². The number of hydrogen-bond acceptors (Lipinski definition) is 3. The van der Waals surface area contributed by atoms with E-state index >= 15 is 0 Å². The lowest BCUT2D eigenvalue weighted by atomic mass is 10.2. The number of sulfonamides is 1. The van der Waals surface area contributed by atoms with E-state index < -0.39 is 10.0 Å². The molecular formula is C17H19N3O2S. The number of aromatic nitrogens is 2. The quantitative estimate of drug-likeness (QED) is 0.800. The molecule has 0 radical (unpaired) electrons. The fraction of sp³-hybridized carbons (Fsp3) is 0.235. The van der Waals surface area contributed by atoms with E-state index in [1.807, 2.05) is 55.8 Å². The minimum atomic E-state index is -3.53. The Hall–Kier alpha value is -2.18. The maximum absolute atomic E-state index is 12.5. The van der Waals surface area contributed by atoms with E-state index in [1.165, 1.54) is 0 Å². The molecule has 0 fully saturated rings. The zero-order valence-corrected chi connectivity index (χ0v) is 14.2. The van der Waals surface area contributed by atoms with Crippen LogP contribution in [0.5, 0.6) is 0 Å². The molecule has 0 atom stereocenters. The summed E-state index contributed by atoms with van der Waals surface area (Å²) in [5.74, 6) is 0. The van der Waals surface area contributed by atoms with Gasteiger partial charge in [0.1, 0.15) is 0 Å². The van der Waals surface area contributed by atoms with Crippen molar-refractivity contribution in [3.05, 3.63) is 59.4 Å². The summed E-state index contributed by atoms with van der Waals surface area (Å²) in [7, 11) is -1.60. The molecule has 23 heavy (non-hydrogen) atoms. The van der Waals surface area contributed by atoms with E-state index in [2.05, 4.69) is 9.71 Å². The molecule has 3 rings (SSSR count). The van der Waals surface area contributed by atoms with E-state index in [-0.39, 0.29) is 6.54 Å². The minimum Gasteiger partial charge on any atom is -0.334 e. The van der Waals surface area contributed by atoms with Gasteiger partial charge in [-0.1, -0.05) is 23.8 Å². The van der Waals surface area contributed by atoms with Crippen LogP contribution in [0.25, 0.3) is 11.0 Å². The third-order valence-corrected chi connectivity index (χ3v) is 5.44. The highest BCUT2D eigenvalue weighted by molar-refractivity contribution is 7.89. The van der Waals surface area contributed by atoms with Crippen molar-refractivity contribution in [2.45, 2.75) is 25.3 Å². The lowest BCUT2D eigenvalue weighted by molar-refractivity contribution is 0.580. The SMILES string of the molecule is Cc1ccc(S(=O)(=O)NCc2ccc3c(c2)ncn3C)c(C)c1. The molecule has 0 spiro atoms. The Labute approximate surface area is 136 Å². The fourth-order valence-corrected chi connectivity index (χ4v) is 3.89. The summed E-state index contributed by atoms with van der Waals surface area (Å²) in [5.41, 5.74) is 4.55. The summed E-state index contributed by atoms with van der Waals surface area (Å²) in [6.07, 6.45) is 1.74. The number of benzene rings is 2. The summed E-state index contributed by atoms with van der Waals surface area (Å²) in [5, 5.41) is 0. The van der Waals surface area contributed by atoms with Gasteiger partial charge in [-0.2, -0.15) is 0 Å². The van der Waals surface area contributed by atoms with E-state index in [4.69, 9.17) is 0 Å². The third kappa shape index (κ3) is 3.13. The second kappa shape index (κ2) is 5.79. The van der Waals surface area contributed by atoms with E-state index in [1.54, 1.807) is 12.4 Å². The minimum absolute atomic E-state index is 0.238. The van der Waals surface area contributed by atoms with Crippen LogP contribution in [-0.2, 0) is 23.6 Å². The first-order valence-electron chi connectivity index (χ1n) is 7.34. The molecule has 1 aromatic heterocycles. The number of nitrogens with zero attached hydrogens (tertiary/aromatic N) is 2. The number of aryl methyl sites for hydroxylation is 3. The van der Waals surface area contributed by atoms with Crippen molar-refractivity contribution in [1.82, 2.24) is 14.3 Å². The van der Waals surface area contributed by atoms with E-state index in [0.717, 1.165) is 27.7 Å². The van der Waals surface area contributed by atoms with Crippen LogP contribution in [0.1, 0.15) is 16.7 Å². The summed E-state index contributed by atoms with van der Waals surface area (Å²) >= 11 is 0. The molecule has 0 saturated heterocycles. The van der Waals surface area contributed by atoms with Crippen LogP contribution >= 0.6 is 0 Å². The van der Waals surface area contributed by atoms with Crippen molar-refractivity contribution in [3.63, 3.8) is 0 Å². The second-order valence-electron chi connectivity index (χ2n) is 5.77. The fourth-order valence-electron chi connectivity index (χ4n) is 2.65. The molecule has 0 saturated carbocycles. The Morgan fingerprint density at radius 2 is 1.91 bits per heavy atom. The van der Waals surface area contributed by atoms with Gasteiger partial charge < -0.3 is 4.57 Å². The Morgan fingerprint density at radius 1 is 1.13 bits per heavy atom. The molecule has 2 aromatic carbocycles. The van der Waals surface area contributed by atoms with Crippen LogP contribution in [0, 0.1) is 13.8 Å². The first kappa shape index (κ1) is 15.7. The van der Waals surface area contributed by atoms with Crippen molar-refractivity contribution in [2.24, 2.45) is 7.05 Å². The highest BCUT2D eigenvalue weighted by Gasteiger charge is 2.16. The van der Waals surface area contributed by atoms with Crippen molar-refractivity contribution in [1.29, 1.82) is 0 Å². The predicted octanol–water partition coefficient (Wildman–Crippen LogP) is 2.67. The molecule has 0 amide bonds. The molecule has 0 unspecified atom stereocenters. The van der Waals surface area contributed by atoms with Gasteiger partial charge in [-0.3, -0.25) is 0 Å². The number of rotatable bonds is 4. The van der Waals surface area contributed by atoms with Crippen molar-refractivity contribution in [3.8, 4) is 0 Å². The lowest BCUT2D eigenvalue weighted by Gasteiger charge is -2.10. The van der Waals surface area contributed by atoms with Crippen molar-refractivity contribution >= 4 is 21.1 Å². The summed E-state index contributed by atoms with van der Waals surface area (Å²) in [4.78, 5) is 4.61. The average molecular weight is 329 g/mol. The van der Waals surface area contributed by atoms with Crippen molar-refractivity contribution < 1.29 is 8.42 Å². The number of hydrogen-bond donors (Lipinski definition) is 1. The van der Waals surface area contributed by atoms with Crippen LogP contribution in [-0.4, -0.2) is 18.0 Å². The van der Waals surface area contributed by atoms with Crippen LogP contribution in [0.4, 0.5) is 0 Å². The van der Waals surface area contributed by atoms with Crippen LogP contribution in [0.3, 0.4) is 0 Å². The highest BCUT2D eigenvalue weighted by atomic mass is 32.2. The number of nitrogens with one attached hydrogen (secondary N) is 1. The maximum Gasteiger partial charge on any atom is 0.241 e. The third-order valence-electron chi connectivity index (χ3n) is 3.88. The Kier molecular flexibility index (Phi) is 3.95. The van der Waals surface area contributed by atoms with E-state index in [9.17, 15) is 8.42 Å². The zero-order chi connectivity index (χ0) is 16.6. The predicted molar refractivity (Wildman–Crippen MR) is 90.7 cm³/mol. The van der Waals surface area contributed by atoms with Gasteiger partial charge in [-0.25, -0.2) is 18.1 Å². The maximum atomic E-state index is 12.5. The topological polar surface area (TPSA) is 64.0 Å². The largest absolute Gasteiger partial charge is 0.334 e. The zero-order valence-electron chi connectivity index (χ0n) is 13.4. The number of imidazole rings is 1. The molecule has 3 aromatic rings. The monoisotopic (exact) mass is 329 g/mol. The molecule has 120 valence electrons. The number of fused-ring (bicyclic) bond motifs is 1. The van der Waals surface area contributed by atoms with Gasteiger partial charge in [-0.15, -0.1) is 0 Å². The highest BCUT2D eigenvalue weighted by Crippen LogP contribution is 2.18. The van der Waals surface area contributed by atoms with Crippen LogP contribution in [0.15, 0.2) is 47.6 Å². The lowest BCUT2D eigenvalue weighted by Crippen LogP contribution is -2.24. The molecule has 1 heterocycles. The normalized spacial score (nSPS) is 12.0. The van der Waals surface area contributed by atoms with Crippen molar-refractivity contribution in [2.75, 3.05) is 0 Å². The molecule has 0 aliphatic rings. The van der Waals surface area contributed by atoms with Gasteiger partial charge in [0, 0.05) is 13.6 Å². The standard InChI is InChI=1S/C17H19N3O2S/c1-12-4-7-17(13(2)8-12)23(21,22)19-10-14-5-6-16-15(9-14)18-11-20(16)3/h4-9,11,19H,10H2,1-3H3. The average Bonchev–Trinajstić information content (AvgIpc) is 2.86. The molecule has 0 aliphatic carbocycles. The first-order chi connectivity index (χ1) is 10.9. The Balaban J connectivity index is 1.82. The Morgan fingerprint density at radius 3 is 2.65 bits per heavy atom. The summed E-state index contributed by atoms with van der Waals surface area (Å²) in [6.45, 7) is 3.99. The molecule has 0 bridgehead atoms. The van der Waals surface area contributed by atoms with Crippen LogP contribution < -0.4 is 4.72 Å².